The summed E-state index contributed by atoms with van der Waals surface area (Å²) in [5.41, 5.74) is 1.74. The number of methoxy groups -OCH3 is 1. The van der Waals surface area contributed by atoms with Crippen LogP contribution < -0.4 is 4.74 Å². The molecule has 0 aliphatic rings. The molecule has 0 bridgehead atoms. The largest absolute Gasteiger partial charge is 0.473 e. The molecule has 0 N–H and O–H groups in total. The number of rotatable bonds is 5. The molecule has 3 aromatic heterocycles. The molecule has 0 saturated carbocycles. The zero-order valence-corrected chi connectivity index (χ0v) is 13.8. The van der Waals surface area contributed by atoms with Crippen molar-refractivity contribution in [1.82, 2.24) is 19.9 Å². The Balaban J connectivity index is 1.82. The minimum atomic E-state index is -0.553. The lowest BCUT2D eigenvalue weighted by molar-refractivity contribution is 0.0593. The van der Waals surface area contributed by atoms with Gasteiger partial charge in [-0.1, -0.05) is 5.16 Å². The molecule has 25 heavy (non-hydrogen) atoms. The van der Waals surface area contributed by atoms with Crippen LogP contribution in [0.1, 0.15) is 21.8 Å². The second-order valence-corrected chi connectivity index (χ2v) is 5.20. The van der Waals surface area contributed by atoms with Gasteiger partial charge in [0, 0.05) is 13.1 Å². The zero-order chi connectivity index (χ0) is 18.0. The molecule has 0 aliphatic heterocycles. The van der Waals surface area contributed by atoms with Crippen LogP contribution in [0.3, 0.4) is 0 Å². The average molecular weight is 346 g/mol. The van der Waals surface area contributed by atoms with E-state index in [1.165, 1.54) is 30.0 Å². The molecule has 3 rings (SSSR count). The quantitative estimate of drug-likeness (QED) is 0.654. The number of nitrogens with zero attached hydrogens (tertiary/aromatic N) is 4. The van der Waals surface area contributed by atoms with Gasteiger partial charge < -0.3 is 14.0 Å². The van der Waals surface area contributed by atoms with Gasteiger partial charge in [0.2, 0.25) is 5.88 Å². The summed E-state index contributed by atoms with van der Waals surface area (Å²) < 4.78 is 30.0. The Hall–Kier alpha value is -3.23. The van der Waals surface area contributed by atoms with Crippen molar-refractivity contribution >= 4 is 5.97 Å². The van der Waals surface area contributed by atoms with Crippen LogP contribution in [-0.2, 0) is 18.4 Å². The van der Waals surface area contributed by atoms with E-state index in [-0.39, 0.29) is 12.3 Å². The van der Waals surface area contributed by atoms with Gasteiger partial charge in [-0.2, -0.15) is 5.10 Å². The standard InChI is InChI=1S/C16H15FN4O4/c1-9-11(15(20-25-9)12-5-4-10(17)7-18-12)8-24-14-6-13(16(22)23-3)19-21(14)2/h4-7H,8H2,1-3H3. The maximum Gasteiger partial charge on any atom is 0.358 e. The average Bonchev–Trinajstić information content (AvgIpc) is 3.16. The third-order valence-electron chi connectivity index (χ3n) is 3.55. The highest BCUT2D eigenvalue weighted by Gasteiger charge is 2.19. The smallest absolute Gasteiger partial charge is 0.358 e. The topological polar surface area (TPSA) is 92.3 Å². The van der Waals surface area contributed by atoms with Gasteiger partial charge in [-0.25, -0.2) is 13.9 Å². The number of esters is 1. The lowest BCUT2D eigenvalue weighted by atomic mass is 10.1. The van der Waals surface area contributed by atoms with E-state index in [0.29, 0.717) is 28.6 Å². The maximum absolute atomic E-state index is 13.0. The Kier molecular flexibility index (Phi) is 4.46. The molecule has 0 atom stereocenters. The van der Waals surface area contributed by atoms with Gasteiger partial charge in [0.15, 0.2) is 5.69 Å². The van der Waals surface area contributed by atoms with Crippen LogP contribution in [-0.4, -0.2) is 33.0 Å². The van der Waals surface area contributed by atoms with Crippen molar-refractivity contribution in [3.05, 3.63) is 47.2 Å². The molecule has 3 heterocycles. The number of ether oxygens (including phenoxy) is 2. The van der Waals surface area contributed by atoms with Crippen LogP contribution in [0.15, 0.2) is 28.9 Å². The summed E-state index contributed by atoms with van der Waals surface area (Å²) in [6.45, 7) is 1.85. The molecule has 0 radical (unpaired) electrons. The van der Waals surface area contributed by atoms with E-state index >= 15 is 0 Å². The van der Waals surface area contributed by atoms with Gasteiger partial charge in [-0.15, -0.1) is 0 Å². The first kappa shape index (κ1) is 16.6. The molecule has 0 amide bonds. The predicted octanol–water partition coefficient (Wildman–Crippen LogP) is 2.28. The van der Waals surface area contributed by atoms with Crippen LogP contribution in [0, 0.1) is 12.7 Å². The van der Waals surface area contributed by atoms with Crippen LogP contribution in [0.2, 0.25) is 0 Å². The Morgan fingerprint density at radius 2 is 2.20 bits per heavy atom. The van der Waals surface area contributed by atoms with E-state index in [1.807, 2.05) is 0 Å². The molecule has 0 unspecified atom stereocenters. The first-order chi connectivity index (χ1) is 12.0. The minimum Gasteiger partial charge on any atom is -0.473 e. The van der Waals surface area contributed by atoms with Gasteiger partial charge in [0.05, 0.1) is 24.6 Å². The Morgan fingerprint density at radius 3 is 2.88 bits per heavy atom. The Bertz CT molecular complexity index is 902. The number of carbonyl (C=O) groups excluding carboxylic acids is 1. The van der Waals surface area contributed by atoms with Crippen molar-refractivity contribution in [3.8, 4) is 17.3 Å². The summed E-state index contributed by atoms with van der Waals surface area (Å²) in [5, 5.41) is 7.98. The summed E-state index contributed by atoms with van der Waals surface area (Å²) >= 11 is 0. The molecule has 8 nitrogen and oxygen atoms in total. The highest BCUT2D eigenvalue weighted by molar-refractivity contribution is 5.87. The fourth-order valence-electron chi connectivity index (χ4n) is 2.21. The summed E-state index contributed by atoms with van der Waals surface area (Å²) in [4.78, 5) is 15.5. The number of hydrogen-bond acceptors (Lipinski definition) is 7. The van der Waals surface area contributed by atoms with Crippen LogP contribution in [0.5, 0.6) is 5.88 Å². The summed E-state index contributed by atoms with van der Waals surface area (Å²) in [7, 11) is 2.92. The van der Waals surface area contributed by atoms with Gasteiger partial charge in [0.1, 0.15) is 23.9 Å². The predicted molar refractivity (Wildman–Crippen MR) is 83.3 cm³/mol. The lowest BCUT2D eigenvalue weighted by Crippen LogP contribution is -2.04. The second-order valence-electron chi connectivity index (χ2n) is 5.20. The zero-order valence-electron chi connectivity index (χ0n) is 13.8. The van der Waals surface area contributed by atoms with E-state index in [2.05, 4.69) is 20.0 Å². The first-order valence-corrected chi connectivity index (χ1v) is 7.32. The minimum absolute atomic E-state index is 0.115. The van der Waals surface area contributed by atoms with Crippen molar-refractivity contribution in [3.63, 3.8) is 0 Å². The summed E-state index contributed by atoms with van der Waals surface area (Å²) in [5.74, 6) is -0.0645. The Labute approximate surface area is 142 Å². The van der Waals surface area contributed by atoms with Gasteiger partial charge in [-0.3, -0.25) is 4.98 Å². The van der Waals surface area contributed by atoms with E-state index in [0.717, 1.165) is 6.20 Å². The van der Waals surface area contributed by atoms with E-state index in [9.17, 15) is 9.18 Å². The number of aromatic nitrogens is 4. The fourth-order valence-corrected chi connectivity index (χ4v) is 2.21. The molecule has 0 saturated heterocycles. The molecule has 0 fully saturated rings. The molecular weight excluding hydrogens is 331 g/mol. The third-order valence-corrected chi connectivity index (χ3v) is 3.55. The summed E-state index contributed by atoms with van der Waals surface area (Å²) in [6.07, 6.45) is 1.10. The van der Waals surface area contributed by atoms with Crippen molar-refractivity contribution in [1.29, 1.82) is 0 Å². The molecular formula is C16H15FN4O4. The highest BCUT2D eigenvalue weighted by atomic mass is 19.1. The van der Waals surface area contributed by atoms with E-state index < -0.39 is 11.8 Å². The normalized spacial score (nSPS) is 10.7. The van der Waals surface area contributed by atoms with Crippen molar-refractivity contribution in [2.24, 2.45) is 7.05 Å². The number of carbonyl (C=O) groups is 1. The van der Waals surface area contributed by atoms with Crippen molar-refractivity contribution in [2.45, 2.75) is 13.5 Å². The number of hydrogen-bond donors (Lipinski definition) is 0. The van der Waals surface area contributed by atoms with Crippen LogP contribution in [0.25, 0.3) is 11.4 Å². The van der Waals surface area contributed by atoms with E-state index in [4.69, 9.17) is 9.26 Å². The monoisotopic (exact) mass is 346 g/mol. The van der Waals surface area contributed by atoms with Gasteiger partial charge >= 0.3 is 5.97 Å². The van der Waals surface area contributed by atoms with Crippen molar-refractivity contribution in [2.75, 3.05) is 7.11 Å². The molecule has 0 spiro atoms. The number of aryl methyl sites for hydroxylation is 2. The first-order valence-electron chi connectivity index (χ1n) is 7.32. The molecule has 0 aromatic carbocycles. The fraction of sp³-hybridized carbons (Fsp3) is 0.250. The van der Waals surface area contributed by atoms with Crippen molar-refractivity contribution < 1.29 is 23.2 Å². The number of halogens is 1. The summed E-state index contributed by atoms with van der Waals surface area (Å²) in [6, 6.07) is 4.28. The molecule has 0 aliphatic carbocycles. The highest BCUT2D eigenvalue weighted by Crippen LogP contribution is 2.25. The SMILES string of the molecule is COC(=O)c1cc(OCc2c(-c3ccc(F)cn3)noc2C)n(C)n1. The molecule has 3 aromatic rings. The third kappa shape index (κ3) is 3.35. The van der Waals surface area contributed by atoms with Crippen LogP contribution >= 0.6 is 0 Å². The molecule has 130 valence electrons. The van der Waals surface area contributed by atoms with Gasteiger partial charge in [-0.05, 0) is 19.1 Å². The van der Waals surface area contributed by atoms with Crippen LogP contribution in [0.4, 0.5) is 4.39 Å². The Morgan fingerprint density at radius 1 is 1.40 bits per heavy atom. The lowest BCUT2D eigenvalue weighted by Gasteiger charge is -2.06. The van der Waals surface area contributed by atoms with E-state index in [1.54, 1.807) is 14.0 Å². The number of pyridine rings is 1. The maximum atomic E-state index is 13.0. The van der Waals surface area contributed by atoms with Gasteiger partial charge in [0.25, 0.3) is 0 Å². The molecule has 9 heteroatoms. The second kappa shape index (κ2) is 6.71.